The number of aromatic nitrogens is 2. The second kappa shape index (κ2) is 7.91. The highest BCUT2D eigenvalue weighted by Crippen LogP contribution is 2.31. The van der Waals surface area contributed by atoms with Gasteiger partial charge >= 0.3 is 0 Å². The number of carbonyl (C=O) groups excluding carboxylic acids is 1. The third-order valence-electron chi connectivity index (χ3n) is 6.20. The summed E-state index contributed by atoms with van der Waals surface area (Å²) in [6, 6.07) is 11.8. The molecule has 2 aliphatic rings. The molecule has 1 amide bonds. The Morgan fingerprint density at radius 3 is 2.52 bits per heavy atom. The predicted octanol–water partition coefficient (Wildman–Crippen LogP) is 1.40. The summed E-state index contributed by atoms with van der Waals surface area (Å²) in [5.74, 6) is 0.195. The number of hydrogen-bond donors (Lipinski definition) is 3. The lowest BCUT2D eigenvalue weighted by Crippen LogP contribution is -2.32. The number of anilines is 1. The lowest BCUT2D eigenvalue weighted by atomic mass is 9.96. The van der Waals surface area contributed by atoms with E-state index in [9.17, 15) is 13.2 Å². The molecule has 0 saturated heterocycles. The van der Waals surface area contributed by atoms with Gasteiger partial charge in [0, 0.05) is 42.4 Å². The normalized spacial score (nSPS) is 19.8. The molecule has 1 aliphatic carbocycles. The minimum Gasteiger partial charge on any atom is -0.382 e. The zero-order valence-electron chi connectivity index (χ0n) is 18.0. The molecule has 2 aromatic carbocycles. The van der Waals surface area contributed by atoms with Crippen molar-refractivity contribution < 1.29 is 13.2 Å². The number of hydrogen-bond acceptors (Lipinski definition) is 7. The quantitative estimate of drug-likeness (QED) is 0.517. The fraction of sp³-hybridized carbons (Fsp3) is 0.261. The topological polar surface area (TPSA) is 144 Å². The zero-order chi connectivity index (χ0) is 23.3. The van der Waals surface area contributed by atoms with Crippen LogP contribution in [0.15, 0.2) is 53.6 Å². The summed E-state index contributed by atoms with van der Waals surface area (Å²) in [5, 5.41) is 2.83. The third kappa shape index (κ3) is 3.86. The van der Waals surface area contributed by atoms with Gasteiger partial charge in [-0.2, -0.15) is 4.31 Å². The molecule has 170 valence electrons. The molecular weight excluding hydrogens is 440 g/mol. The van der Waals surface area contributed by atoms with Crippen molar-refractivity contribution in [1.82, 2.24) is 19.6 Å². The van der Waals surface area contributed by atoms with Gasteiger partial charge in [-0.25, -0.2) is 18.4 Å². The van der Waals surface area contributed by atoms with Gasteiger partial charge in [0.2, 0.25) is 10.0 Å². The van der Waals surface area contributed by atoms with E-state index in [1.54, 1.807) is 43.6 Å². The number of carbonyl (C=O) groups is 1. The molecule has 2 unspecified atom stereocenters. The Morgan fingerprint density at radius 1 is 1.12 bits per heavy atom. The first-order valence-corrected chi connectivity index (χ1v) is 12.1. The molecule has 2 heterocycles. The number of sulfonamides is 1. The molecule has 1 fully saturated rings. The minimum absolute atomic E-state index is 0.0834. The Morgan fingerprint density at radius 2 is 1.82 bits per heavy atom. The lowest BCUT2D eigenvalue weighted by molar-refractivity contribution is 0.0946. The second-order valence-electron chi connectivity index (χ2n) is 8.38. The second-order valence-corrected chi connectivity index (χ2v) is 10.4. The number of nitrogens with zero attached hydrogens (tertiary/aromatic N) is 3. The van der Waals surface area contributed by atoms with E-state index in [2.05, 4.69) is 10.3 Å². The monoisotopic (exact) mass is 464 g/mol. The van der Waals surface area contributed by atoms with Crippen molar-refractivity contribution in [3.8, 4) is 22.5 Å². The van der Waals surface area contributed by atoms with E-state index < -0.39 is 10.0 Å². The van der Waals surface area contributed by atoms with Crippen LogP contribution in [-0.4, -0.2) is 54.3 Å². The van der Waals surface area contributed by atoms with Gasteiger partial charge in [0.25, 0.3) is 5.91 Å². The third-order valence-corrected chi connectivity index (χ3v) is 8.10. The van der Waals surface area contributed by atoms with E-state index in [0.29, 0.717) is 35.5 Å². The summed E-state index contributed by atoms with van der Waals surface area (Å²) in [5.41, 5.74) is 16.1. The number of fused-ring (bicyclic) bond motifs is 1. The van der Waals surface area contributed by atoms with Crippen molar-refractivity contribution in [1.29, 1.82) is 0 Å². The summed E-state index contributed by atoms with van der Waals surface area (Å²) in [7, 11) is -2.06. The van der Waals surface area contributed by atoms with Gasteiger partial charge in [-0.3, -0.25) is 4.79 Å². The van der Waals surface area contributed by atoms with Gasteiger partial charge in [0.15, 0.2) is 0 Å². The smallest absolute Gasteiger partial charge is 0.251 e. The largest absolute Gasteiger partial charge is 0.382 e. The van der Waals surface area contributed by atoms with Crippen LogP contribution < -0.4 is 16.8 Å². The molecule has 1 saturated carbocycles. The summed E-state index contributed by atoms with van der Waals surface area (Å²) >= 11 is 0. The number of benzene rings is 2. The van der Waals surface area contributed by atoms with E-state index in [4.69, 9.17) is 16.5 Å². The van der Waals surface area contributed by atoms with E-state index in [0.717, 1.165) is 17.5 Å². The van der Waals surface area contributed by atoms with Gasteiger partial charge in [0.1, 0.15) is 11.5 Å². The van der Waals surface area contributed by atoms with Gasteiger partial charge in [-0.15, -0.1) is 0 Å². The van der Waals surface area contributed by atoms with Crippen LogP contribution in [0.1, 0.15) is 22.3 Å². The summed E-state index contributed by atoms with van der Waals surface area (Å²) in [4.78, 5) is 21.2. The summed E-state index contributed by atoms with van der Waals surface area (Å²) in [6.07, 6.45) is 2.96. The van der Waals surface area contributed by atoms with Crippen molar-refractivity contribution in [2.45, 2.75) is 29.8 Å². The maximum atomic E-state index is 12.8. The van der Waals surface area contributed by atoms with Crippen LogP contribution >= 0.6 is 0 Å². The molecule has 5 rings (SSSR count). The van der Waals surface area contributed by atoms with Crippen LogP contribution in [-0.2, 0) is 16.4 Å². The number of nitrogens with two attached hydrogens (primary N) is 2. The highest BCUT2D eigenvalue weighted by Gasteiger charge is 2.42. The molecule has 0 bridgehead atoms. The van der Waals surface area contributed by atoms with Crippen molar-refractivity contribution in [3.05, 3.63) is 59.8 Å². The minimum atomic E-state index is -3.61. The molecule has 33 heavy (non-hydrogen) atoms. The van der Waals surface area contributed by atoms with E-state index in [1.807, 2.05) is 12.1 Å². The van der Waals surface area contributed by atoms with E-state index >= 15 is 0 Å². The summed E-state index contributed by atoms with van der Waals surface area (Å²) in [6.45, 7) is 0.591. The Balaban J connectivity index is 1.45. The van der Waals surface area contributed by atoms with Crippen LogP contribution in [0.2, 0.25) is 0 Å². The molecule has 0 radical (unpaired) electrons. The fourth-order valence-electron chi connectivity index (χ4n) is 4.09. The van der Waals surface area contributed by atoms with Crippen molar-refractivity contribution in [2.75, 3.05) is 19.3 Å². The molecule has 10 heteroatoms. The first-order chi connectivity index (χ1) is 15.8. The van der Waals surface area contributed by atoms with E-state index in [1.165, 1.54) is 4.31 Å². The maximum Gasteiger partial charge on any atom is 0.251 e. The van der Waals surface area contributed by atoms with Crippen LogP contribution in [0.5, 0.6) is 0 Å². The van der Waals surface area contributed by atoms with E-state index in [-0.39, 0.29) is 28.7 Å². The zero-order valence-corrected chi connectivity index (χ0v) is 18.8. The van der Waals surface area contributed by atoms with Crippen LogP contribution in [0, 0.1) is 0 Å². The molecule has 9 nitrogen and oxygen atoms in total. The fourth-order valence-corrected chi connectivity index (χ4v) is 5.50. The summed E-state index contributed by atoms with van der Waals surface area (Å²) < 4.78 is 27.0. The van der Waals surface area contributed by atoms with Crippen molar-refractivity contribution in [2.24, 2.45) is 5.73 Å². The SMILES string of the molecule is CN(C1CC1N)S(=O)(=O)c1ccc(-c2cnc(N)c(-c3ccc4c(c3)CCNC4=O)n2)cc1. The first kappa shape index (κ1) is 21.5. The van der Waals surface area contributed by atoms with Gasteiger partial charge in [0.05, 0.1) is 16.8 Å². The average Bonchev–Trinajstić information content (AvgIpc) is 3.55. The Bertz CT molecular complexity index is 1360. The number of amides is 1. The van der Waals surface area contributed by atoms with Gasteiger partial charge in [-0.1, -0.05) is 18.2 Å². The number of rotatable bonds is 5. The standard InChI is InChI=1S/C23H24N6O3S/c1-29(20-11-18(20)24)33(31,32)16-5-2-13(3-6-16)19-12-27-22(25)21(28-19)15-4-7-17-14(10-15)8-9-26-23(17)30/h2-7,10,12,18,20H,8-9,11,24H2,1H3,(H2,25,27)(H,26,30). The van der Waals surface area contributed by atoms with Crippen LogP contribution in [0.3, 0.4) is 0 Å². The maximum absolute atomic E-state index is 12.8. The Hall–Kier alpha value is -3.34. The highest BCUT2D eigenvalue weighted by atomic mass is 32.2. The van der Waals surface area contributed by atoms with Crippen LogP contribution in [0.4, 0.5) is 5.82 Å². The number of nitrogen functional groups attached to an aromatic ring is 1. The highest BCUT2D eigenvalue weighted by molar-refractivity contribution is 7.89. The average molecular weight is 465 g/mol. The molecule has 2 atom stereocenters. The molecule has 1 aromatic heterocycles. The predicted molar refractivity (Wildman–Crippen MR) is 125 cm³/mol. The Labute approximate surface area is 191 Å². The number of nitrogens with one attached hydrogen (secondary N) is 1. The first-order valence-electron chi connectivity index (χ1n) is 10.6. The molecule has 0 spiro atoms. The van der Waals surface area contributed by atoms with Crippen molar-refractivity contribution in [3.63, 3.8) is 0 Å². The molecule has 3 aromatic rings. The lowest BCUT2D eigenvalue weighted by Gasteiger charge is -2.18. The molecular formula is C23H24N6O3S. The van der Waals surface area contributed by atoms with Crippen molar-refractivity contribution >= 4 is 21.7 Å². The van der Waals surface area contributed by atoms with Gasteiger partial charge in [-0.05, 0) is 42.7 Å². The molecule has 5 N–H and O–H groups in total. The van der Waals surface area contributed by atoms with Crippen LogP contribution in [0.25, 0.3) is 22.5 Å². The number of likely N-dealkylation sites (N-methyl/N-ethyl adjacent to an activating group) is 1. The Kier molecular flexibility index (Phi) is 5.15. The van der Waals surface area contributed by atoms with Gasteiger partial charge < -0.3 is 16.8 Å². The molecule has 1 aliphatic heterocycles.